The summed E-state index contributed by atoms with van der Waals surface area (Å²) in [6, 6.07) is 7.30. The zero-order valence-corrected chi connectivity index (χ0v) is 15.1. The summed E-state index contributed by atoms with van der Waals surface area (Å²) < 4.78 is 0. The summed E-state index contributed by atoms with van der Waals surface area (Å²) in [6.07, 6.45) is 2.03. The van der Waals surface area contributed by atoms with Crippen molar-refractivity contribution >= 4 is 23.0 Å². The molecule has 1 aliphatic rings. The number of benzene rings is 1. The first-order valence-corrected chi connectivity index (χ1v) is 8.51. The minimum atomic E-state index is -0.341. The lowest BCUT2D eigenvalue weighted by atomic mass is 10.0. The maximum absolute atomic E-state index is 12.7. The first kappa shape index (κ1) is 17.6. The molecule has 0 atom stereocenters. The summed E-state index contributed by atoms with van der Waals surface area (Å²) in [5, 5.41) is 20.3. The van der Waals surface area contributed by atoms with Gasteiger partial charge in [0.05, 0.1) is 11.3 Å². The Kier molecular flexibility index (Phi) is 4.47. The lowest BCUT2D eigenvalue weighted by Crippen LogP contribution is -2.18. The van der Waals surface area contributed by atoms with E-state index in [0.717, 1.165) is 18.4 Å². The molecule has 26 heavy (non-hydrogen) atoms. The number of nitrogen functional groups attached to an aromatic ring is 1. The SMILES string of the molecule is Cc1nc(C(=O)Nc2ccc(N)c(C(=N)C3CC3)c2)c(C)c(C)c1C#N. The van der Waals surface area contributed by atoms with E-state index in [2.05, 4.69) is 16.4 Å². The number of aromatic nitrogens is 1. The summed E-state index contributed by atoms with van der Waals surface area (Å²) in [7, 11) is 0. The Morgan fingerprint density at radius 1 is 1.31 bits per heavy atom. The number of anilines is 2. The van der Waals surface area contributed by atoms with Gasteiger partial charge in [0.1, 0.15) is 11.8 Å². The van der Waals surface area contributed by atoms with Crippen LogP contribution in [0.1, 0.15) is 51.3 Å². The number of nitrogens with two attached hydrogens (primary N) is 1. The van der Waals surface area contributed by atoms with Crippen LogP contribution in [-0.4, -0.2) is 16.6 Å². The zero-order valence-electron chi connectivity index (χ0n) is 15.1. The molecule has 1 saturated carbocycles. The van der Waals surface area contributed by atoms with Crippen LogP contribution in [0.15, 0.2) is 18.2 Å². The van der Waals surface area contributed by atoms with Gasteiger partial charge in [-0.3, -0.25) is 4.79 Å². The minimum absolute atomic E-state index is 0.274. The highest BCUT2D eigenvalue weighted by Gasteiger charge is 2.28. The normalized spacial score (nSPS) is 13.2. The molecule has 1 aromatic carbocycles. The fraction of sp³-hybridized carbons (Fsp3) is 0.300. The summed E-state index contributed by atoms with van der Waals surface area (Å²) in [5.74, 6) is -0.0668. The molecule has 132 valence electrons. The van der Waals surface area contributed by atoms with Crippen molar-refractivity contribution in [3.8, 4) is 6.07 Å². The van der Waals surface area contributed by atoms with Gasteiger partial charge in [-0.1, -0.05) is 0 Å². The van der Waals surface area contributed by atoms with Crippen molar-refractivity contribution < 1.29 is 4.79 Å². The van der Waals surface area contributed by atoms with Crippen molar-refractivity contribution in [3.63, 3.8) is 0 Å². The van der Waals surface area contributed by atoms with Crippen LogP contribution in [0, 0.1) is 43.4 Å². The topological polar surface area (TPSA) is 116 Å². The molecule has 0 bridgehead atoms. The number of amides is 1. The van der Waals surface area contributed by atoms with Crippen LogP contribution in [0.5, 0.6) is 0 Å². The quantitative estimate of drug-likeness (QED) is 0.580. The smallest absolute Gasteiger partial charge is 0.274 e. The average molecular weight is 347 g/mol. The molecule has 0 unspecified atom stereocenters. The highest BCUT2D eigenvalue weighted by molar-refractivity contribution is 6.08. The molecule has 0 radical (unpaired) electrons. The molecular weight excluding hydrogens is 326 g/mol. The van der Waals surface area contributed by atoms with Crippen molar-refractivity contribution in [2.75, 3.05) is 11.1 Å². The van der Waals surface area contributed by atoms with Crippen molar-refractivity contribution in [1.29, 1.82) is 10.7 Å². The second-order valence-electron chi connectivity index (χ2n) is 6.73. The summed E-state index contributed by atoms with van der Waals surface area (Å²) in [6.45, 7) is 5.33. The molecular formula is C20H21N5O. The molecule has 0 aliphatic heterocycles. The van der Waals surface area contributed by atoms with Gasteiger partial charge in [0.25, 0.3) is 5.91 Å². The molecule has 0 spiro atoms. The van der Waals surface area contributed by atoms with E-state index in [9.17, 15) is 10.1 Å². The second kappa shape index (κ2) is 6.60. The molecule has 1 amide bonds. The van der Waals surface area contributed by atoms with E-state index in [1.165, 1.54) is 0 Å². The largest absolute Gasteiger partial charge is 0.398 e. The number of hydrogen-bond donors (Lipinski definition) is 3. The maximum atomic E-state index is 12.7. The molecule has 0 saturated heterocycles. The summed E-state index contributed by atoms with van der Waals surface area (Å²) in [4.78, 5) is 17.0. The number of nitriles is 1. The van der Waals surface area contributed by atoms with Crippen LogP contribution in [0.4, 0.5) is 11.4 Å². The molecule has 6 nitrogen and oxygen atoms in total. The van der Waals surface area contributed by atoms with Gasteiger partial charge in [-0.05, 0) is 62.9 Å². The second-order valence-corrected chi connectivity index (χ2v) is 6.73. The Morgan fingerprint density at radius 2 is 2.00 bits per heavy atom. The van der Waals surface area contributed by atoms with Gasteiger partial charge in [0.15, 0.2) is 0 Å². The highest BCUT2D eigenvalue weighted by atomic mass is 16.1. The molecule has 1 fully saturated rings. The molecule has 1 aromatic heterocycles. The predicted molar refractivity (Wildman–Crippen MR) is 102 cm³/mol. The Balaban J connectivity index is 1.90. The lowest BCUT2D eigenvalue weighted by molar-refractivity contribution is 0.102. The van der Waals surface area contributed by atoms with E-state index in [-0.39, 0.29) is 11.8 Å². The average Bonchev–Trinajstić information content (AvgIpc) is 3.44. The molecule has 1 heterocycles. The van der Waals surface area contributed by atoms with Gasteiger partial charge in [0.2, 0.25) is 0 Å². The Labute approximate surface area is 152 Å². The van der Waals surface area contributed by atoms with Crippen LogP contribution >= 0.6 is 0 Å². The van der Waals surface area contributed by atoms with Gasteiger partial charge < -0.3 is 16.5 Å². The zero-order chi connectivity index (χ0) is 19.0. The Hall–Kier alpha value is -3.20. The van der Waals surface area contributed by atoms with Crippen molar-refractivity contribution in [2.24, 2.45) is 5.92 Å². The highest BCUT2D eigenvalue weighted by Crippen LogP contribution is 2.34. The first-order chi connectivity index (χ1) is 12.3. The minimum Gasteiger partial charge on any atom is -0.398 e. The number of nitrogens with one attached hydrogen (secondary N) is 2. The molecule has 6 heteroatoms. The third-order valence-electron chi connectivity index (χ3n) is 4.85. The van der Waals surface area contributed by atoms with Gasteiger partial charge in [0, 0.05) is 28.6 Å². The number of aryl methyl sites for hydroxylation is 1. The maximum Gasteiger partial charge on any atom is 0.274 e. The Morgan fingerprint density at radius 3 is 2.62 bits per heavy atom. The molecule has 2 aromatic rings. The fourth-order valence-electron chi connectivity index (χ4n) is 2.98. The molecule has 3 rings (SSSR count). The van der Waals surface area contributed by atoms with E-state index in [1.54, 1.807) is 32.0 Å². The lowest BCUT2D eigenvalue weighted by Gasteiger charge is -2.13. The fourth-order valence-corrected chi connectivity index (χ4v) is 2.98. The van der Waals surface area contributed by atoms with E-state index in [1.807, 2.05) is 6.92 Å². The van der Waals surface area contributed by atoms with Crippen LogP contribution in [0.25, 0.3) is 0 Å². The summed E-state index contributed by atoms with van der Waals surface area (Å²) >= 11 is 0. The standard InChI is InChI=1S/C20H21N5O/c1-10-11(2)19(24-12(3)16(10)9-21)20(26)25-14-6-7-17(22)15(8-14)18(23)13-4-5-13/h6-8,13,23H,4-5,22H2,1-3H3,(H,25,26). The van der Waals surface area contributed by atoms with Gasteiger partial charge in [-0.15, -0.1) is 0 Å². The third kappa shape index (κ3) is 3.16. The predicted octanol–water partition coefficient (Wildman–Crippen LogP) is 3.49. The number of nitrogens with zero attached hydrogens (tertiary/aromatic N) is 2. The van der Waals surface area contributed by atoms with Gasteiger partial charge >= 0.3 is 0 Å². The number of pyridine rings is 1. The van der Waals surface area contributed by atoms with E-state index >= 15 is 0 Å². The van der Waals surface area contributed by atoms with Crippen LogP contribution < -0.4 is 11.1 Å². The van der Waals surface area contributed by atoms with Crippen molar-refractivity contribution in [3.05, 3.63) is 51.8 Å². The van der Waals surface area contributed by atoms with Gasteiger partial charge in [-0.25, -0.2) is 4.98 Å². The van der Waals surface area contributed by atoms with Crippen molar-refractivity contribution in [2.45, 2.75) is 33.6 Å². The Bertz CT molecular complexity index is 967. The molecule has 1 aliphatic carbocycles. The van der Waals surface area contributed by atoms with Crippen LogP contribution in [-0.2, 0) is 0 Å². The van der Waals surface area contributed by atoms with Crippen LogP contribution in [0.3, 0.4) is 0 Å². The van der Waals surface area contributed by atoms with Gasteiger partial charge in [-0.2, -0.15) is 5.26 Å². The van der Waals surface area contributed by atoms with E-state index in [4.69, 9.17) is 11.1 Å². The monoisotopic (exact) mass is 347 g/mol. The first-order valence-electron chi connectivity index (χ1n) is 8.51. The number of carbonyl (C=O) groups is 1. The third-order valence-corrected chi connectivity index (χ3v) is 4.85. The molecule has 4 N–H and O–H groups in total. The number of hydrogen-bond acceptors (Lipinski definition) is 5. The number of rotatable bonds is 4. The van der Waals surface area contributed by atoms with Crippen molar-refractivity contribution in [1.82, 2.24) is 4.98 Å². The van der Waals surface area contributed by atoms with E-state index < -0.39 is 0 Å². The number of carbonyl (C=O) groups excluding carboxylic acids is 1. The van der Waals surface area contributed by atoms with E-state index in [0.29, 0.717) is 45.2 Å². The van der Waals surface area contributed by atoms with Crippen LogP contribution in [0.2, 0.25) is 0 Å². The summed E-state index contributed by atoms with van der Waals surface area (Å²) in [5.41, 5.74) is 11.1.